The first-order valence-corrected chi connectivity index (χ1v) is 14.6. The number of nitrogens with zero attached hydrogens (tertiary/aromatic N) is 4. The molecule has 3 aromatic carbocycles. The van der Waals surface area contributed by atoms with Gasteiger partial charge in [-0.2, -0.15) is 0 Å². The van der Waals surface area contributed by atoms with Crippen LogP contribution in [-0.4, -0.2) is 51.3 Å². The molecule has 1 amide bonds. The van der Waals surface area contributed by atoms with Gasteiger partial charge in [-0.05, 0) is 41.8 Å². The zero-order valence-corrected chi connectivity index (χ0v) is 23.4. The van der Waals surface area contributed by atoms with E-state index in [-0.39, 0.29) is 5.91 Å². The number of rotatable bonds is 5. The molecule has 0 aliphatic carbocycles. The summed E-state index contributed by atoms with van der Waals surface area (Å²) in [6.45, 7) is 3.64. The van der Waals surface area contributed by atoms with Crippen molar-refractivity contribution in [2.24, 2.45) is 0 Å². The van der Waals surface area contributed by atoms with E-state index in [0.29, 0.717) is 23.7 Å². The Kier molecular flexibility index (Phi) is 6.60. The summed E-state index contributed by atoms with van der Waals surface area (Å²) in [5, 5.41) is 1.77. The Balaban J connectivity index is 1.20. The van der Waals surface area contributed by atoms with E-state index >= 15 is 0 Å². The second-order valence-corrected chi connectivity index (χ2v) is 11.6. The highest BCUT2D eigenvalue weighted by Gasteiger charge is 2.25. The van der Waals surface area contributed by atoms with Gasteiger partial charge in [0.25, 0.3) is 5.91 Å². The molecule has 40 heavy (non-hydrogen) atoms. The molecule has 7 rings (SSSR count). The summed E-state index contributed by atoms with van der Waals surface area (Å²) < 4.78 is 3.54. The van der Waals surface area contributed by atoms with Gasteiger partial charge in [0, 0.05) is 59.6 Å². The fourth-order valence-electron chi connectivity index (χ4n) is 5.47. The molecule has 0 spiro atoms. The predicted octanol–water partition coefficient (Wildman–Crippen LogP) is 7.49. The van der Waals surface area contributed by atoms with Gasteiger partial charge in [-0.1, -0.05) is 72.3 Å². The molecule has 1 fully saturated rings. The number of amides is 1. The lowest BCUT2D eigenvalue weighted by atomic mass is 10.1. The van der Waals surface area contributed by atoms with Crippen LogP contribution in [0.4, 0.5) is 0 Å². The van der Waals surface area contributed by atoms with Crippen LogP contribution in [0, 0.1) is 0 Å². The summed E-state index contributed by atoms with van der Waals surface area (Å²) in [7, 11) is 0. The first kappa shape index (κ1) is 25.0. The lowest BCUT2D eigenvalue weighted by Crippen LogP contribution is -2.48. The van der Waals surface area contributed by atoms with Gasteiger partial charge >= 0.3 is 0 Å². The lowest BCUT2D eigenvalue weighted by Gasteiger charge is -2.35. The summed E-state index contributed by atoms with van der Waals surface area (Å²) in [5.74, 6) is -0.00185. The number of halogens is 1. The monoisotopic (exact) mass is 562 g/mol. The van der Waals surface area contributed by atoms with Crippen LogP contribution in [-0.2, 0) is 6.54 Å². The number of pyridine rings is 1. The Labute approximate surface area is 241 Å². The summed E-state index contributed by atoms with van der Waals surface area (Å²) in [4.78, 5) is 23.8. The van der Waals surface area contributed by atoms with Crippen molar-refractivity contribution < 1.29 is 4.79 Å². The van der Waals surface area contributed by atoms with Gasteiger partial charge in [-0.3, -0.25) is 9.69 Å². The third kappa shape index (κ3) is 4.68. The van der Waals surface area contributed by atoms with Gasteiger partial charge in [0.15, 0.2) is 0 Å². The molecule has 0 N–H and O–H groups in total. The number of hydrogen-bond acceptors (Lipinski definition) is 4. The topological polar surface area (TPSA) is 40.9 Å². The predicted molar refractivity (Wildman–Crippen MR) is 164 cm³/mol. The zero-order chi connectivity index (χ0) is 27.1. The van der Waals surface area contributed by atoms with Crippen LogP contribution < -0.4 is 0 Å². The number of fused-ring (bicyclic) bond motifs is 2. The number of carbonyl (C=O) groups is 1. The molecule has 5 nitrogen and oxygen atoms in total. The molecule has 1 aliphatic heterocycles. The molecule has 1 saturated heterocycles. The first-order chi connectivity index (χ1) is 19.6. The Morgan fingerprint density at radius 1 is 0.825 bits per heavy atom. The Morgan fingerprint density at radius 2 is 1.57 bits per heavy atom. The summed E-state index contributed by atoms with van der Waals surface area (Å²) in [5.41, 5.74) is 5.96. The van der Waals surface area contributed by atoms with Crippen LogP contribution in [0.2, 0.25) is 5.02 Å². The van der Waals surface area contributed by atoms with Crippen molar-refractivity contribution in [1.29, 1.82) is 0 Å². The van der Waals surface area contributed by atoms with Crippen molar-refractivity contribution in [1.82, 2.24) is 19.2 Å². The fraction of sp³-hybridized carbons (Fsp3) is 0.152. The SMILES string of the molecule is O=C(c1ccccc1Cl)N1CCN(Cc2c(-c3ccccc3)nc3ccc(-c4cc5ccccc5s4)cn23)CC1. The van der Waals surface area contributed by atoms with Crippen LogP contribution >= 0.6 is 22.9 Å². The molecule has 198 valence electrons. The Morgan fingerprint density at radius 3 is 2.38 bits per heavy atom. The average molecular weight is 563 g/mol. The second kappa shape index (κ2) is 10.5. The van der Waals surface area contributed by atoms with Crippen molar-refractivity contribution >= 4 is 44.6 Å². The third-order valence-electron chi connectivity index (χ3n) is 7.61. The van der Waals surface area contributed by atoms with Crippen LogP contribution in [0.25, 0.3) is 37.4 Å². The van der Waals surface area contributed by atoms with E-state index < -0.39 is 0 Å². The molecule has 3 aromatic heterocycles. The molecule has 4 heterocycles. The molecule has 7 heteroatoms. The van der Waals surface area contributed by atoms with E-state index in [1.165, 1.54) is 20.5 Å². The van der Waals surface area contributed by atoms with Crippen molar-refractivity contribution in [3.63, 3.8) is 0 Å². The number of benzene rings is 3. The van der Waals surface area contributed by atoms with Crippen LogP contribution in [0.3, 0.4) is 0 Å². The Hall–Kier alpha value is -3.97. The number of piperazine rings is 1. The van der Waals surface area contributed by atoms with Gasteiger partial charge in [-0.15, -0.1) is 11.3 Å². The van der Waals surface area contributed by atoms with Crippen molar-refractivity contribution in [2.75, 3.05) is 26.2 Å². The van der Waals surface area contributed by atoms with Gasteiger partial charge in [0.2, 0.25) is 0 Å². The van der Waals surface area contributed by atoms with E-state index in [0.717, 1.165) is 42.2 Å². The van der Waals surface area contributed by atoms with Crippen molar-refractivity contribution in [3.8, 4) is 21.7 Å². The normalized spacial score (nSPS) is 14.3. The lowest BCUT2D eigenvalue weighted by molar-refractivity contribution is 0.0627. The minimum atomic E-state index is -0.00185. The highest BCUT2D eigenvalue weighted by molar-refractivity contribution is 7.22. The minimum absolute atomic E-state index is 0.00185. The highest BCUT2D eigenvalue weighted by Crippen LogP contribution is 2.35. The molecular weight excluding hydrogens is 536 g/mol. The van der Waals surface area contributed by atoms with Gasteiger partial charge in [0.1, 0.15) is 5.65 Å². The van der Waals surface area contributed by atoms with Crippen LogP contribution in [0.15, 0.2) is 103 Å². The smallest absolute Gasteiger partial charge is 0.255 e. The maximum absolute atomic E-state index is 13.1. The number of aromatic nitrogens is 2. The van der Waals surface area contributed by atoms with Crippen LogP contribution in [0.5, 0.6) is 0 Å². The molecule has 0 atom stereocenters. The van der Waals surface area contributed by atoms with E-state index in [1.54, 1.807) is 12.1 Å². The summed E-state index contributed by atoms with van der Waals surface area (Å²) in [6.07, 6.45) is 2.23. The molecule has 1 aliphatic rings. The maximum atomic E-state index is 13.1. The maximum Gasteiger partial charge on any atom is 0.255 e. The third-order valence-corrected chi connectivity index (χ3v) is 9.11. The fourth-order valence-corrected chi connectivity index (χ4v) is 6.74. The number of imidazole rings is 1. The molecule has 0 bridgehead atoms. The molecule has 0 unspecified atom stereocenters. The Bertz CT molecular complexity index is 1800. The van der Waals surface area contributed by atoms with Crippen molar-refractivity contribution in [2.45, 2.75) is 6.54 Å². The van der Waals surface area contributed by atoms with Gasteiger partial charge in [-0.25, -0.2) is 4.98 Å². The second-order valence-electron chi connectivity index (χ2n) is 10.1. The number of thiophene rings is 1. The largest absolute Gasteiger partial charge is 0.336 e. The minimum Gasteiger partial charge on any atom is -0.336 e. The van der Waals surface area contributed by atoms with Crippen molar-refractivity contribution in [3.05, 3.63) is 120 Å². The molecular formula is C33H27ClN4OS. The average Bonchev–Trinajstić information content (AvgIpc) is 3.59. The van der Waals surface area contributed by atoms with E-state index in [4.69, 9.17) is 16.6 Å². The summed E-state index contributed by atoms with van der Waals surface area (Å²) in [6, 6.07) is 32.8. The zero-order valence-electron chi connectivity index (χ0n) is 21.8. The highest BCUT2D eigenvalue weighted by atomic mass is 35.5. The van der Waals surface area contributed by atoms with Crippen LogP contribution in [0.1, 0.15) is 16.1 Å². The van der Waals surface area contributed by atoms with E-state index in [2.05, 4.69) is 82.2 Å². The van der Waals surface area contributed by atoms with E-state index in [9.17, 15) is 4.79 Å². The molecule has 6 aromatic rings. The van der Waals surface area contributed by atoms with Gasteiger partial charge < -0.3 is 9.30 Å². The quantitative estimate of drug-likeness (QED) is 0.218. The standard InChI is InChI=1S/C33H27ClN4OS/c34-27-12-6-5-11-26(27)33(39)37-18-16-36(17-19-37)22-28-32(23-8-2-1-3-9-23)35-31-15-14-25(21-38(28)31)30-20-24-10-4-7-13-29(24)40-30/h1-15,20-21H,16-19,22H2. The van der Waals surface area contributed by atoms with E-state index in [1.807, 2.05) is 34.4 Å². The number of hydrogen-bond donors (Lipinski definition) is 0. The van der Waals surface area contributed by atoms with Gasteiger partial charge in [0.05, 0.1) is 22.0 Å². The molecule has 0 saturated carbocycles. The first-order valence-electron chi connectivity index (χ1n) is 13.5. The molecule has 0 radical (unpaired) electrons. The summed E-state index contributed by atoms with van der Waals surface area (Å²) >= 11 is 8.12. The number of carbonyl (C=O) groups excluding carboxylic acids is 1.